The Morgan fingerprint density at radius 1 is 1.15 bits per heavy atom. The number of aliphatic hydroxyl groups excluding tert-OH is 1. The molecule has 1 N–H and O–H groups in total. The number of hydrogen-bond donors (Lipinski definition) is 1. The molecule has 0 aliphatic heterocycles. The molecule has 1 aliphatic carbocycles. The lowest BCUT2D eigenvalue weighted by molar-refractivity contribution is 0.156. The van der Waals surface area contributed by atoms with Crippen LogP contribution in [0, 0.1) is 0 Å². The first kappa shape index (κ1) is 13.7. The minimum absolute atomic E-state index is 0.338. The zero-order valence-corrected chi connectivity index (χ0v) is 12.8. The van der Waals surface area contributed by atoms with E-state index in [1.165, 1.54) is 5.56 Å². The van der Waals surface area contributed by atoms with E-state index in [-0.39, 0.29) is 6.10 Å². The molecule has 0 radical (unpaired) electrons. The summed E-state index contributed by atoms with van der Waals surface area (Å²) in [7, 11) is 0. The molecule has 20 heavy (non-hydrogen) atoms. The van der Waals surface area contributed by atoms with Crippen molar-refractivity contribution in [2.75, 3.05) is 0 Å². The summed E-state index contributed by atoms with van der Waals surface area (Å²) in [6, 6.07) is 14.2. The highest BCUT2D eigenvalue weighted by Gasteiger charge is 2.18. The molecule has 0 saturated heterocycles. The molecule has 0 amide bonds. The van der Waals surface area contributed by atoms with Crippen molar-refractivity contribution in [2.45, 2.75) is 32.0 Å². The molecule has 0 spiro atoms. The molecule has 0 bridgehead atoms. The molecule has 0 heterocycles. The van der Waals surface area contributed by atoms with Gasteiger partial charge in [-0.25, -0.2) is 0 Å². The van der Waals surface area contributed by atoms with E-state index in [1.54, 1.807) is 0 Å². The quantitative estimate of drug-likeness (QED) is 0.902. The van der Waals surface area contributed by atoms with Crippen LogP contribution in [-0.4, -0.2) is 5.11 Å². The van der Waals surface area contributed by atoms with Gasteiger partial charge in [-0.05, 0) is 60.2 Å². The van der Waals surface area contributed by atoms with Crippen LogP contribution in [0.25, 0.3) is 0 Å². The van der Waals surface area contributed by atoms with Crippen LogP contribution in [0.3, 0.4) is 0 Å². The summed E-state index contributed by atoms with van der Waals surface area (Å²) in [5, 5.41) is 10.0. The van der Waals surface area contributed by atoms with Crippen molar-refractivity contribution in [3.05, 3.63) is 63.6 Å². The van der Waals surface area contributed by atoms with Gasteiger partial charge in [0.05, 0.1) is 6.10 Å². The van der Waals surface area contributed by atoms with Crippen molar-refractivity contribution < 1.29 is 9.84 Å². The predicted molar refractivity (Wildman–Crippen MR) is 82.8 cm³/mol. The van der Waals surface area contributed by atoms with Crippen LogP contribution in [0.1, 0.15) is 35.6 Å². The van der Waals surface area contributed by atoms with Gasteiger partial charge in [-0.2, -0.15) is 0 Å². The third-order valence-corrected chi connectivity index (χ3v) is 4.25. The molecule has 3 rings (SSSR count). The average molecular weight is 333 g/mol. The van der Waals surface area contributed by atoms with Gasteiger partial charge in [0, 0.05) is 4.47 Å². The van der Waals surface area contributed by atoms with Crippen molar-refractivity contribution in [2.24, 2.45) is 0 Å². The molecule has 0 fully saturated rings. The molecule has 2 nitrogen and oxygen atoms in total. The predicted octanol–water partition coefficient (Wildman–Crippen LogP) is 4.40. The fourth-order valence-corrected chi connectivity index (χ4v) is 2.85. The van der Waals surface area contributed by atoms with Crippen LogP contribution in [0.5, 0.6) is 5.75 Å². The Hall–Kier alpha value is -1.32. The normalized spacial score (nSPS) is 17.6. The van der Waals surface area contributed by atoms with Crippen LogP contribution in [0.15, 0.2) is 46.9 Å². The van der Waals surface area contributed by atoms with E-state index < -0.39 is 0 Å². The lowest BCUT2D eigenvalue weighted by Crippen LogP contribution is -2.09. The van der Waals surface area contributed by atoms with E-state index in [2.05, 4.69) is 22.0 Å². The summed E-state index contributed by atoms with van der Waals surface area (Å²) in [4.78, 5) is 0. The van der Waals surface area contributed by atoms with Crippen LogP contribution in [0.2, 0.25) is 0 Å². The minimum Gasteiger partial charge on any atom is -0.489 e. The molecule has 1 unspecified atom stereocenters. The molecule has 1 atom stereocenters. The Labute approximate surface area is 127 Å². The molecule has 0 saturated carbocycles. The summed E-state index contributed by atoms with van der Waals surface area (Å²) in [6.45, 7) is 0.544. The number of rotatable bonds is 3. The fourth-order valence-electron chi connectivity index (χ4n) is 2.59. The van der Waals surface area contributed by atoms with Gasteiger partial charge in [-0.1, -0.05) is 34.1 Å². The standard InChI is InChI=1S/C17H17BrO2/c18-14-7-4-12(5-8-14)11-20-15-9-6-13-2-1-3-17(19)16(13)10-15/h4-10,17,19H,1-3,11H2. The van der Waals surface area contributed by atoms with E-state index in [9.17, 15) is 5.11 Å². The summed E-state index contributed by atoms with van der Waals surface area (Å²) < 4.78 is 6.89. The summed E-state index contributed by atoms with van der Waals surface area (Å²) in [5.41, 5.74) is 3.41. The molecular weight excluding hydrogens is 316 g/mol. The third kappa shape index (κ3) is 3.05. The third-order valence-electron chi connectivity index (χ3n) is 3.72. The number of fused-ring (bicyclic) bond motifs is 1. The van der Waals surface area contributed by atoms with Crippen LogP contribution >= 0.6 is 15.9 Å². The lowest BCUT2D eigenvalue weighted by atomic mass is 9.89. The number of hydrogen-bond acceptors (Lipinski definition) is 2. The second kappa shape index (κ2) is 5.98. The maximum Gasteiger partial charge on any atom is 0.120 e. The Kier molecular flexibility index (Phi) is 4.08. The largest absolute Gasteiger partial charge is 0.489 e. The van der Waals surface area contributed by atoms with E-state index in [0.29, 0.717) is 6.61 Å². The first-order chi connectivity index (χ1) is 9.72. The highest BCUT2D eigenvalue weighted by molar-refractivity contribution is 9.10. The molecular formula is C17H17BrO2. The van der Waals surface area contributed by atoms with E-state index in [1.807, 2.05) is 36.4 Å². The maximum atomic E-state index is 10.0. The van der Waals surface area contributed by atoms with Gasteiger partial charge in [-0.3, -0.25) is 0 Å². The smallest absolute Gasteiger partial charge is 0.120 e. The Morgan fingerprint density at radius 2 is 1.95 bits per heavy atom. The van der Waals surface area contributed by atoms with Gasteiger partial charge in [0.1, 0.15) is 12.4 Å². The highest BCUT2D eigenvalue weighted by atomic mass is 79.9. The van der Waals surface area contributed by atoms with Crippen LogP contribution in [0.4, 0.5) is 0 Å². The Bertz CT molecular complexity index is 592. The van der Waals surface area contributed by atoms with Crippen LogP contribution in [-0.2, 0) is 13.0 Å². The van der Waals surface area contributed by atoms with Crippen LogP contribution < -0.4 is 4.74 Å². The maximum absolute atomic E-state index is 10.0. The monoisotopic (exact) mass is 332 g/mol. The van der Waals surface area contributed by atoms with E-state index in [4.69, 9.17) is 4.74 Å². The van der Waals surface area contributed by atoms with Crippen molar-refractivity contribution in [3.8, 4) is 5.75 Å². The second-order valence-corrected chi connectivity index (χ2v) is 6.10. The molecule has 0 aromatic heterocycles. The first-order valence-corrected chi connectivity index (χ1v) is 7.70. The Morgan fingerprint density at radius 3 is 2.75 bits per heavy atom. The van der Waals surface area contributed by atoms with E-state index in [0.717, 1.165) is 40.6 Å². The fraction of sp³-hybridized carbons (Fsp3) is 0.294. The van der Waals surface area contributed by atoms with Crippen molar-refractivity contribution >= 4 is 15.9 Å². The van der Waals surface area contributed by atoms with Crippen molar-refractivity contribution in [3.63, 3.8) is 0 Å². The summed E-state index contributed by atoms with van der Waals surface area (Å²) in [5.74, 6) is 0.826. The topological polar surface area (TPSA) is 29.5 Å². The Balaban J connectivity index is 1.72. The molecule has 2 aromatic carbocycles. The van der Waals surface area contributed by atoms with Crippen molar-refractivity contribution in [1.82, 2.24) is 0 Å². The minimum atomic E-state index is -0.338. The molecule has 2 aromatic rings. The number of halogens is 1. The molecule has 104 valence electrons. The average Bonchev–Trinajstić information content (AvgIpc) is 2.47. The second-order valence-electron chi connectivity index (χ2n) is 5.18. The van der Waals surface area contributed by atoms with Gasteiger partial charge in [0.15, 0.2) is 0 Å². The van der Waals surface area contributed by atoms with E-state index >= 15 is 0 Å². The van der Waals surface area contributed by atoms with Gasteiger partial charge in [0.25, 0.3) is 0 Å². The molecule has 1 aliphatic rings. The SMILES string of the molecule is OC1CCCc2ccc(OCc3ccc(Br)cc3)cc21. The van der Waals surface area contributed by atoms with Gasteiger partial charge < -0.3 is 9.84 Å². The number of ether oxygens (including phenoxy) is 1. The first-order valence-electron chi connectivity index (χ1n) is 6.90. The summed E-state index contributed by atoms with van der Waals surface area (Å²) >= 11 is 3.42. The number of aryl methyl sites for hydroxylation is 1. The van der Waals surface area contributed by atoms with Gasteiger partial charge in [0.2, 0.25) is 0 Å². The molecule has 3 heteroatoms. The van der Waals surface area contributed by atoms with Gasteiger partial charge >= 0.3 is 0 Å². The highest BCUT2D eigenvalue weighted by Crippen LogP contribution is 2.32. The zero-order chi connectivity index (χ0) is 13.9. The summed E-state index contributed by atoms with van der Waals surface area (Å²) in [6.07, 6.45) is 2.63. The number of aliphatic hydroxyl groups is 1. The van der Waals surface area contributed by atoms with Gasteiger partial charge in [-0.15, -0.1) is 0 Å². The van der Waals surface area contributed by atoms with Crippen molar-refractivity contribution in [1.29, 1.82) is 0 Å². The lowest BCUT2D eigenvalue weighted by Gasteiger charge is -2.22. The number of benzene rings is 2. The zero-order valence-electron chi connectivity index (χ0n) is 11.2.